The number of hydrogen-bond donors (Lipinski definition) is 2. The lowest BCUT2D eigenvalue weighted by Gasteiger charge is -2.35. The average Bonchev–Trinajstić information content (AvgIpc) is 2.54. The van der Waals surface area contributed by atoms with Crippen molar-refractivity contribution in [2.75, 3.05) is 31.1 Å². The molecule has 1 fully saturated rings. The fraction of sp³-hybridized carbons (Fsp3) is 0.684. The number of rotatable bonds is 8. The van der Waals surface area contributed by atoms with E-state index in [0.717, 1.165) is 31.1 Å². The summed E-state index contributed by atoms with van der Waals surface area (Å²) >= 11 is 5.96. The summed E-state index contributed by atoms with van der Waals surface area (Å²) in [5.74, 6) is 1.29. The Bertz CT molecular complexity index is 441. The Balaban J connectivity index is 1.74. The highest BCUT2D eigenvalue weighted by Gasteiger charge is 2.20. The Kier molecular flexibility index (Phi) is 7.68. The standard InChI is InChI=1S/C19H31ClN2O/c1-15(2)13-16(9-12-23)14-21-18-7-10-22(11-8-18)19-5-3-17(20)4-6-19/h3-6,15-16,18,21,23H,7-14H2,1-2H3. The van der Waals surface area contributed by atoms with Gasteiger partial charge in [0.2, 0.25) is 0 Å². The van der Waals surface area contributed by atoms with Crippen LogP contribution in [0.2, 0.25) is 5.02 Å². The molecule has 0 aliphatic carbocycles. The van der Waals surface area contributed by atoms with Crippen LogP contribution in [0.3, 0.4) is 0 Å². The van der Waals surface area contributed by atoms with Gasteiger partial charge in [-0.2, -0.15) is 0 Å². The summed E-state index contributed by atoms with van der Waals surface area (Å²) in [5, 5.41) is 13.8. The average molecular weight is 339 g/mol. The van der Waals surface area contributed by atoms with E-state index < -0.39 is 0 Å². The number of nitrogens with one attached hydrogen (secondary N) is 1. The highest BCUT2D eigenvalue weighted by atomic mass is 35.5. The van der Waals surface area contributed by atoms with Gasteiger partial charge in [-0.1, -0.05) is 25.4 Å². The van der Waals surface area contributed by atoms with Gasteiger partial charge >= 0.3 is 0 Å². The third-order valence-electron chi connectivity index (χ3n) is 4.72. The zero-order valence-electron chi connectivity index (χ0n) is 14.5. The zero-order valence-corrected chi connectivity index (χ0v) is 15.2. The largest absolute Gasteiger partial charge is 0.396 e. The minimum atomic E-state index is 0.300. The van der Waals surface area contributed by atoms with Crippen molar-refractivity contribution >= 4 is 17.3 Å². The molecular formula is C19H31ClN2O. The molecule has 1 atom stereocenters. The van der Waals surface area contributed by atoms with E-state index >= 15 is 0 Å². The van der Waals surface area contributed by atoms with Crippen molar-refractivity contribution in [3.63, 3.8) is 0 Å². The van der Waals surface area contributed by atoms with E-state index in [1.807, 2.05) is 12.1 Å². The number of halogens is 1. The van der Waals surface area contributed by atoms with E-state index in [4.69, 9.17) is 11.6 Å². The van der Waals surface area contributed by atoms with Crippen molar-refractivity contribution < 1.29 is 5.11 Å². The lowest BCUT2D eigenvalue weighted by atomic mass is 9.93. The smallest absolute Gasteiger partial charge is 0.0434 e. The van der Waals surface area contributed by atoms with E-state index in [1.54, 1.807) is 0 Å². The SMILES string of the molecule is CC(C)CC(CCO)CNC1CCN(c2ccc(Cl)cc2)CC1. The molecule has 4 heteroatoms. The first-order chi connectivity index (χ1) is 11.1. The minimum Gasteiger partial charge on any atom is -0.396 e. The quantitative estimate of drug-likeness (QED) is 0.753. The molecule has 1 unspecified atom stereocenters. The first-order valence-corrected chi connectivity index (χ1v) is 9.31. The number of nitrogens with zero attached hydrogens (tertiary/aromatic N) is 1. The van der Waals surface area contributed by atoms with Gasteiger partial charge in [0, 0.05) is 36.4 Å². The molecule has 1 heterocycles. The Hall–Kier alpha value is -0.770. The molecule has 1 aromatic carbocycles. The number of anilines is 1. The predicted octanol–water partition coefficient (Wildman–Crippen LogP) is 3.94. The predicted molar refractivity (Wildman–Crippen MR) is 99.3 cm³/mol. The third kappa shape index (κ3) is 6.33. The first-order valence-electron chi connectivity index (χ1n) is 8.93. The molecule has 3 nitrogen and oxygen atoms in total. The normalized spacial score (nSPS) is 17.7. The number of aliphatic hydroxyl groups is 1. The molecule has 1 saturated heterocycles. The molecule has 0 amide bonds. The van der Waals surface area contributed by atoms with Crippen molar-refractivity contribution in [1.29, 1.82) is 0 Å². The Morgan fingerprint density at radius 1 is 1.22 bits per heavy atom. The molecule has 1 aliphatic rings. The van der Waals surface area contributed by atoms with Crippen LogP contribution in [0.15, 0.2) is 24.3 Å². The monoisotopic (exact) mass is 338 g/mol. The number of aliphatic hydroxyl groups excluding tert-OH is 1. The molecule has 23 heavy (non-hydrogen) atoms. The summed E-state index contributed by atoms with van der Waals surface area (Å²) in [5.41, 5.74) is 1.27. The molecule has 0 radical (unpaired) electrons. The lowest BCUT2D eigenvalue weighted by Crippen LogP contribution is -2.44. The molecule has 1 aromatic rings. The Morgan fingerprint density at radius 2 is 1.87 bits per heavy atom. The van der Waals surface area contributed by atoms with Gasteiger partial charge in [-0.3, -0.25) is 0 Å². The van der Waals surface area contributed by atoms with Crippen LogP contribution in [-0.4, -0.2) is 37.4 Å². The number of hydrogen-bond acceptors (Lipinski definition) is 3. The summed E-state index contributed by atoms with van der Waals surface area (Å²) in [7, 11) is 0. The van der Waals surface area contributed by atoms with E-state index in [2.05, 4.69) is 36.2 Å². The van der Waals surface area contributed by atoms with Crippen LogP contribution in [0, 0.1) is 11.8 Å². The van der Waals surface area contributed by atoms with E-state index in [0.29, 0.717) is 24.5 Å². The zero-order chi connectivity index (χ0) is 16.7. The highest BCUT2D eigenvalue weighted by molar-refractivity contribution is 6.30. The van der Waals surface area contributed by atoms with Crippen molar-refractivity contribution in [3.05, 3.63) is 29.3 Å². The minimum absolute atomic E-state index is 0.300. The second kappa shape index (κ2) is 9.51. The fourth-order valence-electron chi connectivity index (χ4n) is 3.48. The van der Waals surface area contributed by atoms with Gasteiger partial charge in [-0.15, -0.1) is 0 Å². The Labute approximate surface area is 146 Å². The van der Waals surface area contributed by atoms with Crippen molar-refractivity contribution in [3.8, 4) is 0 Å². The fourth-order valence-corrected chi connectivity index (χ4v) is 3.61. The van der Waals surface area contributed by atoms with Gasteiger partial charge in [0.15, 0.2) is 0 Å². The summed E-state index contributed by atoms with van der Waals surface area (Å²) in [6.45, 7) is 8.03. The van der Waals surface area contributed by atoms with Gasteiger partial charge in [-0.05, 0) is 68.3 Å². The van der Waals surface area contributed by atoms with Gasteiger partial charge in [0.05, 0.1) is 0 Å². The van der Waals surface area contributed by atoms with Gasteiger partial charge in [0.25, 0.3) is 0 Å². The molecule has 0 spiro atoms. The maximum atomic E-state index is 9.22. The van der Waals surface area contributed by atoms with Crippen LogP contribution in [0.4, 0.5) is 5.69 Å². The molecule has 0 saturated carbocycles. The van der Waals surface area contributed by atoms with Crippen molar-refractivity contribution in [1.82, 2.24) is 5.32 Å². The number of piperidine rings is 1. The summed E-state index contributed by atoms with van der Waals surface area (Å²) < 4.78 is 0. The van der Waals surface area contributed by atoms with Crippen molar-refractivity contribution in [2.24, 2.45) is 11.8 Å². The molecule has 2 rings (SSSR count). The van der Waals surface area contributed by atoms with Crippen LogP contribution in [-0.2, 0) is 0 Å². The van der Waals surface area contributed by atoms with Gasteiger partial charge in [-0.25, -0.2) is 0 Å². The summed E-state index contributed by atoms with van der Waals surface area (Å²) in [6, 6.07) is 8.75. The lowest BCUT2D eigenvalue weighted by molar-refractivity contribution is 0.233. The van der Waals surface area contributed by atoms with Crippen molar-refractivity contribution in [2.45, 2.75) is 45.6 Å². The number of benzene rings is 1. The second-order valence-corrected chi connectivity index (χ2v) is 7.59. The molecular weight excluding hydrogens is 308 g/mol. The molecule has 0 bridgehead atoms. The molecule has 130 valence electrons. The maximum absolute atomic E-state index is 9.22. The van der Waals surface area contributed by atoms with E-state index in [-0.39, 0.29) is 0 Å². The topological polar surface area (TPSA) is 35.5 Å². The third-order valence-corrected chi connectivity index (χ3v) is 4.98. The molecule has 1 aliphatic heterocycles. The summed E-state index contributed by atoms with van der Waals surface area (Å²) in [6.07, 6.45) is 4.46. The van der Waals surface area contributed by atoms with Gasteiger partial charge < -0.3 is 15.3 Å². The second-order valence-electron chi connectivity index (χ2n) is 7.15. The summed E-state index contributed by atoms with van der Waals surface area (Å²) in [4.78, 5) is 2.44. The van der Waals surface area contributed by atoms with Crippen LogP contribution < -0.4 is 10.2 Å². The van der Waals surface area contributed by atoms with Gasteiger partial charge in [0.1, 0.15) is 0 Å². The van der Waals surface area contributed by atoms with Crippen LogP contribution in [0.25, 0.3) is 0 Å². The van der Waals surface area contributed by atoms with E-state index in [1.165, 1.54) is 24.9 Å². The molecule has 0 aromatic heterocycles. The maximum Gasteiger partial charge on any atom is 0.0434 e. The van der Waals surface area contributed by atoms with Crippen LogP contribution >= 0.6 is 11.6 Å². The Morgan fingerprint density at radius 3 is 2.43 bits per heavy atom. The first kappa shape index (κ1) is 18.6. The highest BCUT2D eigenvalue weighted by Crippen LogP contribution is 2.22. The van der Waals surface area contributed by atoms with E-state index in [9.17, 15) is 5.11 Å². The molecule has 2 N–H and O–H groups in total. The van der Waals surface area contributed by atoms with Crippen LogP contribution in [0.1, 0.15) is 39.5 Å². The van der Waals surface area contributed by atoms with Crippen LogP contribution in [0.5, 0.6) is 0 Å².